The van der Waals surface area contributed by atoms with Gasteiger partial charge in [-0.2, -0.15) is 4.57 Å². The minimum atomic E-state index is 0.555. The molecular formula is C19H20N+. The number of aromatic nitrogens is 1. The van der Waals surface area contributed by atoms with Crippen molar-refractivity contribution in [1.29, 1.82) is 0 Å². The van der Waals surface area contributed by atoms with Gasteiger partial charge in [0.1, 0.15) is 0 Å². The van der Waals surface area contributed by atoms with E-state index < -0.39 is 0 Å². The van der Waals surface area contributed by atoms with Gasteiger partial charge in [0.25, 0.3) is 0 Å². The molecule has 1 aromatic carbocycles. The smallest absolute Gasteiger partial charge is 0.185 e. The average Bonchev–Trinajstić information content (AvgIpc) is 2.47. The van der Waals surface area contributed by atoms with Gasteiger partial charge in [-0.05, 0) is 54.7 Å². The summed E-state index contributed by atoms with van der Waals surface area (Å²) in [5.41, 5.74) is 8.65. The maximum Gasteiger partial charge on any atom is 0.185 e. The third-order valence-electron chi connectivity index (χ3n) is 5.94. The molecule has 2 aromatic rings. The molecule has 0 N–H and O–H groups in total. The summed E-state index contributed by atoms with van der Waals surface area (Å²) < 4.78 is 2.52. The van der Waals surface area contributed by atoms with E-state index in [1.807, 2.05) is 0 Å². The van der Waals surface area contributed by atoms with E-state index >= 15 is 0 Å². The maximum atomic E-state index is 2.52. The SMILES string of the molecule is c1cc2c3c(c1)C[n+]1cccc4c1CC(CC2)(CC4)C3. The molecule has 0 fully saturated rings. The van der Waals surface area contributed by atoms with E-state index in [2.05, 4.69) is 41.1 Å². The number of hydrogen-bond acceptors (Lipinski definition) is 0. The van der Waals surface area contributed by atoms with Gasteiger partial charge < -0.3 is 0 Å². The van der Waals surface area contributed by atoms with Crippen molar-refractivity contribution in [3.63, 3.8) is 0 Å². The van der Waals surface area contributed by atoms with Gasteiger partial charge in [-0.3, -0.25) is 0 Å². The van der Waals surface area contributed by atoms with Crippen molar-refractivity contribution in [3.05, 3.63) is 64.5 Å². The first kappa shape index (κ1) is 11.1. The second-order valence-corrected chi connectivity index (χ2v) is 7.02. The van der Waals surface area contributed by atoms with Crippen molar-refractivity contribution in [2.75, 3.05) is 0 Å². The fourth-order valence-corrected chi connectivity index (χ4v) is 4.78. The van der Waals surface area contributed by atoms with Gasteiger partial charge in [0.15, 0.2) is 18.4 Å². The van der Waals surface area contributed by atoms with Gasteiger partial charge in [-0.25, -0.2) is 0 Å². The van der Waals surface area contributed by atoms with E-state index in [1.165, 1.54) is 38.5 Å². The monoisotopic (exact) mass is 262 g/mol. The first-order valence-corrected chi connectivity index (χ1v) is 7.93. The predicted molar refractivity (Wildman–Crippen MR) is 78.7 cm³/mol. The van der Waals surface area contributed by atoms with Crippen molar-refractivity contribution < 1.29 is 4.57 Å². The van der Waals surface area contributed by atoms with Crippen molar-refractivity contribution in [1.82, 2.24) is 0 Å². The van der Waals surface area contributed by atoms with Gasteiger partial charge in [0.2, 0.25) is 0 Å². The first-order chi connectivity index (χ1) is 9.83. The minimum absolute atomic E-state index is 0.555. The summed E-state index contributed by atoms with van der Waals surface area (Å²) in [7, 11) is 0. The van der Waals surface area contributed by atoms with Crippen LogP contribution in [-0.2, 0) is 32.2 Å². The number of aryl methyl sites for hydroxylation is 2. The zero-order valence-corrected chi connectivity index (χ0v) is 11.9. The zero-order chi connectivity index (χ0) is 13.2. The minimum Gasteiger partial charge on any atom is -0.198 e. The summed E-state index contributed by atoms with van der Waals surface area (Å²) in [4.78, 5) is 0. The molecule has 0 saturated heterocycles. The lowest BCUT2D eigenvalue weighted by molar-refractivity contribution is -0.697. The van der Waals surface area contributed by atoms with Crippen LogP contribution in [0.15, 0.2) is 36.5 Å². The largest absolute Gasteiger partial charge is 0.198 e. The highest BCUT2D eigenvalue weighted by atomic mass is 15.0. The Hall–Kier alpha value is -1.63. The Morgan fingerprint density at radius 2 is 1.65 bits per heavy atom. The molecule has 100 valence electrons. The molecule has 1 heteroatoms. The fourth-order valence-electron chi connectivity index (χ4n) is 4.78. The topological polar surface area (TPSA) is 3.88 Å². The van der Waals surface area contributed by atoms with Crippen LogP contribution in [-0.4, -0.2) is 0 Å². The standard InChI is InChI=1S/C19H20N/c1-3-14-6-8-19-9-7-15-5-2-10-20(18(15)12-19)13-16(4-1)17(14)11-19/h1-5,10H,6-9,11-13H2/q+1. The van der Waals surface area contributed by atoms with Crippen LogP contribution < -0.4 is 4.57 Å². The van der Waals surface area contributed by atoms with Gasteiger partial charge >= 0.3 is 0 Å². The van der Waals surface area contributed by atoms with Crippen molar-refractivity contribution in [2.24, 2.45) is 5.41 Å². The van der Waals surface area contributed by atoms with Crippen LogP contribution in [0.5, 0.6) is 0 Å². The van der Waals surface area contributed by atoms with Crippen LogP contribution in [0.4, 0.5) is 0 Å². The van der Waals surface area contributed by atoms with Crippen LogP contribution in [0.25, 0.3) is 0 Å². The molecule has 3 bridgehead atoms. The molecule has 2 heterocycles. The lowest BCUT2D eigenvalue weighted by Gasteiger charge is -2.42. The molecule has 3 aliphatic rings. The third kappa shape index (κ3) is 1.41. The fraction of sp³-hybridized carbons (Fsp3) is 0.421. The Morgan fingerprint density at radius 1 is 0.850 bits per heavy atom. The summed E-state index contributed by atoms with van der Waals surface area (Å²) in [6.45, 7) is 1.07. The molecule has 1 spiro atoms. The summed E-state index contributed by atoms with van der Waals surface area (Å²) in [5, 5.41) is 0. The Balaban J connectivity index is 1.81. The van der Waals surface area contributed by atoms with E-state index in [1.54, 1.807) is 27.9 Å². The van der Waals surface area contributed by atoms with Crippen LogP contribution in [0.3, 0.4) is 0 Å². The Kier molecular flexibility index (Phi) is 2.06. The summed E-state index contributed by atoms with van der Waals surface area (Å²) in [5.74, 6) is 0. The van der Waals surface area contributed by atoms with Gasteiger partial charge in [0, 0.05) is 23.6 Å². The molecule has 5 rings (SSSR count). The van der Waals surface area contributed by atoms with Crippen LogP contribution in [0.2, 0.25) is 0 Å². The summed E-state index contributed by atoms with van der Waals surface area (Å²) in [6.07, 6.45) is 10.3. The van der Waals surface area contributed by atoms with Crippen LogP contribution in [0, 0.1) is 5.41 Å². The van der Waals surface area contributed by atoms with Crippen LogP contribution in [0.1, 0.15) is 40.8 Å². The summed E-state index contributed by atoms with van der Waals surface area (Å²) >= 11 is 0. The van der Waals surface area contributed by atoms with Gasteiger partial charge in [-0.15, -0.1) is 0 Å². The molecule has 1 nitrogen and oxygen atoms in total. The molecular weight excluding hydrogens is 242 g/mol. The first-order valence-electron chi connectivity index (χ1n) is 7.93. The third-order valence-corrected chi connectivity index (χ3v) is 5.94. The highest BCUT2D eigenvalue weighted by molar-refractivity contribution is 5.40. The zero-order valence-electron chi connectivity index (χ0n) is 11.9. The molecule has 0 radical (unpaired) electrons. The highest BCUT2D eigenvalue weighted by Gasteiger charge is 2.43. The number of nitrogens with zero attached hydrogens (tertiary/aromatic N) is 1. The Bertz CT molecular complexity index is 652. The highest BCUT2D eigenvalue weighted by Crippen LogP contribution is 2.46. The average molecular weight is 262 g/mol. The van der Waals surface area contributed by atoms with E-state index in [4.69, 9.17) is 0 Å². The normalized spacial score (nSPS) is 25.8. The molecule has 1 unspecified atom stereocenters. The molecule has 0 amide bonds. The number of hydrogen-bond donors (Lipinski definition) is 0. The Labute approximate surface area is 120 Å². The predicted octanol–water partition coefficient (Wildman–Crippen LogP) is 3.00. The number of benzene rings is 1. The molecule has 0 saturated carbocycles. The summed E-state index contributed by atoms with van der Waals surface area (Å²) in [6, 6.07) is 11.6. The Morgan fingerprint density at radius 3 is 2.60 bits per heavy atom. The molecule has 1 aromatic heterocycles. The molecule has 20 heavy (non-hydrogen) atoms. The van der Waals surface area contributed by atoms with E-state index in [-0.39, 0.29) is 0 Å². The van der Waals surface area contributed by atoms with E-state index in [9.17, 15) is 0 Å². The number of pyridine rings is 1. The van der Waals surface area contributed by atoms with Gasteiger partial charge in [0.05, 0.1) is 0 Å². The second kappa shape index (κ2) is 3.72. The molecule has 1 aliphatic heterocycles. The van der Waals surface area contributed by atoms with E-state index in [0.29, 0.717) is 5.41 Å². The second-order valence-electron chi connectivity index (χ2n) is 7.02. The quantitative estimate of drug-likeness (QED) is 0.643. The lowest BCUT2D eigenvalue weighted by Crippen LogP contribution is -2.48. The van der Waals surface area contributed by atoms with Crippen molar-refractivity contribution in [3.8, 4) is 0 Å². The molecule has 2 aliphatic carbocycles. The van der Waals surface area contributed by atoms with Crippen molar-refractivity contribution >= 4 is 0 Å². The van der Waals surface area contributed by atoms with Crippen LogP contribution >= 0.6 is 0 Å². The van der Waals surface area contributed by atoms with Crippen molar-refractivity contribution in [2.45, 2.75) is 45.1 Å². The van der Waals surface area contributed by atoms with Gasteiger partial charge in [-0.1, -0.05) is 18.2 Å². The maximum absolute atomic E-state index is 2.52. The number of rotatable bonds is 0. The van der Waals surface area contributed by atoms with E-state index in [0.717, 1.165) is 6.54 Å². The lowest BCUT2D eigenvalue weighted by atomic mass is 9.62. The molecule has 1 atom stereocenters.